The molecule has 8 nitrogen and oxygen atoms in total. The van der Waals surface area contributed by atoms with Gasteiger partial charge in [0.25, 0.3) is 6.43 Å². The molecule has 0 atom stereocenters. The van der Waals surface area contributed by atoms with Gasteiger partial charge in [-0.05, 0) is 37.2 Å². The lowest BCUT2D eigenvalue weighted by Crippen LogP contribution is -2.14. The fourth-order valence-electron chi connectivity index (χ4n) is 2.53. The van der Waals surface area contributed by atoms with Crippen molar-refractivity contribution in [3.05, 3.63) is 28.6 Å². The van der Waals surface area contributed by atoms with E-state index < -0.39 is 12.2 Å². The second kappa shape index (κ2) is 5.89. The molecule has 0 amide bonds. The number of anilines is 1. The van der Waals surface area contributed by atoms with Crippen molar-refractivity contribution in [3.8, 4) is 0 Å². The van der Waals surface area contributed by atoms with Gasteiger partial charge < -0.3 is 9.88 Å². The third-order valence-corrected chi connectivity index (χ3v) is 4.17. The molecule has 0 aliphatic heterocycles. The Morgan fingerprint density at radius 3 is 2.92 bits per heavy atom. The van der Waals surface area contributed by atoms with E-state index in [0.29, 0.717) is 29.6 Å². The van der Waals surface area contributed by atoms with Crippen molar-refractivity contribution in [1.29, 1.82) is 0 Å². The monoisotopic (exact) mass is 352 g/mol. The Bertz CT molecular complexity index is 926. The largest absolute Gasteiger partial charge is 0.367 e. The SMILES string of the molecule is FC(F)c1nnc2ccc(NCCn3c(C4CC4)n[nH]c3=S)nn12. The van der Waals surface area contributed by atoms with Crippen LogP contribution in [0.3, 0.4) is 0 Å². The number of aromatic nitrogens is 7. The Morgan fingerprint density at radius 1 is 1.33 bits per heavy atom. The zero-order valence-electron chi connectivity index (χ0n) is 12.5. The van der Waals surface area contributed by atoms with Gasteiger partial charge in [0.15, 0.2) is 10.4 Å². The van der Waals surface area contributed by atoms with Crippen molar-refractivity contribution in [3.63, 3.8) is 0 Å². The maximum Gasteiger partial charge on any atom is 0.299 e. The molecule has 4 rings (SSSR count). The van der Waals surface area contributed by atoms with Gasteiger partial charge in [-0.15, -0.1) is 15.3 Å². The summed E-state index contributed by atoms with van der Waals surface area (Å²) in [6.07, 6.45) is -0.460. The van der Waals surface area contributed by atoms with Crippen molar-refractivity contribution in [1.82, 2.24) is 34.6 Å². The number of nitrogens with zero attached hydrogens (tertiary/aromatic N) is 6. The lowest BCUT2D eigenvalue weighted by atomic mass is 10.4. The molecule has 1 saturated carbocycles. The van der Waals surface area contributed by atoms with E-state index in [1.54, 1.807) is 12.1 Å². The number of rotatable bonds is 6. The summed E-state index contributed by atoms with van der Waals surface area (Å²) in [7, 11) is 0. The summed E-state index contributed by atoms with van der Waals surface area (Å²) < 4.78 is 29.3. The summed E-state index contributed by atoms with van der Waals surface area (Å²) in [6.45, 7) is 1.16. The van der Waals surface area contributed by atoms with Crippen molar-refractivity contribution in [2.45, 2.75) is 31.7 Å². The summed E-state index contributed by atoms with van der Waals surface area (Å²) in [6, 6.07) is 3.27. The molecule has 0 radical (unpaired) electrons. The molecule has 0 aromatic carbocycles. The molecule has 3 aromatic rings. The number of hydrogen-bond acceptors (Lipinski definition) is 6. The predicted molar refractivity (Wildman–Crippen MR) is 83.6 cm³/mol. The molecule has 2 N–H and O–H groups in total. The average Bonchev–Trinajstić information content (AvgIpc) is 3.21. The zero-order valence-corrected chi connectivity index (χ0v) is 13.3. The van der Waals surface area contributed by atoms with E-state index in [0.717, 1.165) is 23.2 Å². The Hall–Kier alpha value is -2.43. The Morgan fingerprint density at radius 2 is 2.17 bits per heavy atom. The molecule has 1 aliphatic carbocycles. The highest BCUT2D eigenvalue weighted by molar-refractivity contribution is 7.71. The lowest BCUT2D eigenvalue weighted by Gasteiger charge is -2.08. The fourth-order valence-corrected chi connectivity index (χ4v) is 2.76. The van der Waals surface area contributed by atoms with E-state index in [9.17, 15) is 8.78 Å². The predicted octanol–water partition coefficient (Wildman–Crippen LogP) is 2.31. The molecule has 3 aromatic heterocycles. The minimum atomic E-state index is -2.73. The summed E-state index contributed by atoms with van der Waals surface area (Å²) >= 11 is 5.24. The maximum atomic E-state index is 12.9. The van der Waals surface area contributed by atoms with Crippen molar-refractivity contribution < 1.29 is 8.78 Å². The molecule has 24 heavy (non-hydrogen) atoms. The Labute approximate surface area is 139 Å². The standard InChI is InChI=1S/C13H14F2N8S/c14-10(15)12-19-17-9-4-3-8(21-23(9)12)16-5-6-22-11(7-1-2-7)18-20-13(22)24/h3-4,7,10H,1-2,5-6H2,(H,16,21)(H,20,24). The Balaban J connectivity index is 1.48. The molecule has 11 heteroatoms. The van der Waals surface area contributed by atoms with Gasteiger partial charge in [-0.25, -0.2) is 8.78 Å². The second-order valence-electron chi connectivity index (χ2n) is 5.59. The van der Waals surface area contributed by atoms with Gasteiger partial charge in [-0.1, -0.05) is 0 Å². The van der Waals surface area contributed by atoms with Crippen LogP contribution in [-0.2, 0) is 6.54 Å². The first-order valence-corrected chi connectivity index (χ1v) is 7.94. The molecule has 0 unspecified atom stereocenters. The molecule has 126 valence electrons. The van der Waals surface area contributed by atoms with E-state index in [1.165, 1.54) is 0 Å². The molecule has 0 bridgehead atoms. The van der Waals surface area contributed by atoms with Crippen LogP contribution in [0, 0.1) is 4.77 Å². The van der Waals surface area contributed by atoms with Crippen LogP contribution in [0.2, 0.25) is 0 Å². The van der Waals surface area contributed by atoms with Gasteiger partial charge in [0.2, 0.25) is 5.82 Å². The van der Waals surface area contributed by atoms with Gasteiger partial charge in [0.05, 0.1) is 0 Å². The first-order valence-electron chi connectivity index (χ1n) is 7.53. The zero-order chi connectivity index (χ0) is 16.7. The molecule has 0 saturated heterocycles. The van der Waals surface area contributed by atoms with E-state index in [2.05, 4.69) is 30.8 Å². The quantitative estimate of drug-likeness (QED) is 0.662. The fraction of sp³-hybridized carbons (Fsp3) is 0.462. The second-order valence-corrected chi connectivity index (χ2v) is 5.97. The minimum absolute atomic E-state index is 0.281. The van der Waals surface area contributed by atoms with Gasteiger partial charge in [0.1, 0.15) is 11.6 Å². The molecule has 3 heterocycles. The first kappa shape index (κ1) is 15.1. The van der Waals surface area contributed by atoms with Crippen molar-refractivity contribution >= 4 is 23.7 Å². The lowest BCUT2D eigenvalue weighted by molar-refractivity contribution is 0.137. The summed E-state index contributed by atoms with van der Waals surface area (Å²) in [5, 5.41) is 21.4. The van der Waals surface area contributed by atoms with E-state index in [4.69, 9.17) is 12.2 Å². The van der Waals surface area contributed by atoms with Crippen molar-refractivity contribution in [2.24, 2.45) is 0 Å². The van der Waals surface area contributed by atoms with Crippen LogP contribution in [0.4, 0.5) is 14.6 Å². The average molecular weight is 352 g/mol. The number of alkyl halides is 2. The smallest absolute Gasteiger partial charge is 0.299 e. The molecule has 1 fully saturated rings. The third kappa shape index (κ3) is 2.75. The first-order chi connectivity index (χ1) is 11.6. The molecular weight excluding hydrogens is 338 g/mol. The third-order valence-electron chi connectivity index (χ3n) is 3.85. The van der Waals surface area contributed by atoms with Crippen LogP contribution in [0.5, 0.6) is 0 Å². The number of H-pyrrole nitrogens is 1. The van der Waals surface area contributed by atoms with Gasteiger partial charge in [-0.3, -0.25) is 5.10 Å². The highest BCUT2D eigenvalue weighted by atomic mass is 32.1. The molecule has 0 spiro atoms. The van der Waals surface area contributed by atoms with Crippen LogP contribution in [-0.4, -0.2) is 41.1 Å². The van der Waals surface area contributed by atoms with E-state index in [-0.39, 0.29) is 5.65 Å². The highest BCUT2D eigenvalue weighted by Crippen LogP contribution is 2.38. The van der Waals surface area contributed by atoms with E-state index in [1.807, 2.05) is 4.57 Å². The summed E-state index contributed by atoms with van der Waals surface area (Å²) in [4.78, 5) is 0. The van der Waals surface area contributed by atoms with Crippen LogP contribution in [0.15, 0.2) is 12.1 Å². The van der Waals surface area contributed by atoms with E-state index >= 15 is 0 Å². The Kier molecular flexibility index (Phi) is 3.71. The number of nitrogens with one attached hydrogen (secondary N) is 2. The van der Waals surface area contributed by atoms with Gasteiger partial charge in [0, 0.05) is 19.0 Å². The van der Waals surface area contributed by atoms with Gasteiger partial charge in [-0.2, -0.15) is 9.61 Å². The number of halogens is 2. The number of hydrogen-bond donors (Lipinski definition) is 2. The van der Waals surface area contributed by atoms with Crippen LogP contribution in [0.1, 0.15) is 36.8 Å². The van der Waals surface area contributed by atoms with Crippen LogP contribution < -0.4 is 5.32 Å². The normalized spacial score (nSPS) is 14.6. The number of aromatic amines is 1. The topological polar surface area (TPSA) is 88.7 Å². The van der Waals surface area contributed by atoms with Crippen molar-refractivity contribution in [2.75, 3.05) is 11.9 Å². The van der Waals surface area contributed by atoms with Crippen LogP contribution in [0.25, 0.3) is 5.65 Å². The summed E-state index contributed by atoms with van der Waals surface area (Å²) in [5.74, 6) is 1.45. The molecular formula is C13H14F2N8S. The van der Waals surface area contributed by atoms with Crippen LogP contribution >= 0.6 is 12.2 Å². The maximum absolute atomic E-state index is 12.9. The number of fused-ring (bicyclic) bond motifs is 1. The molecule has 1 aliphatic rings. The minimum Gasteiger partial charge on any atom is -0.367 e. The highest BCUT2D eigenvalue weighted by Gasteiger charge is 2.28. The summed E-state index contributed by atoms with van der Waals surface area (Å²) in [5.41, 5.74) is 0.281. The van der Waals surface area contributed by atoms with Gasteiger partial charge >= 0.3 is 0 Å².